The molecule has 3 heterocycles. The second-order valence-corrected chi connectivity index (χ2v) is 7.45. The summed E-state index contributed by atoms with van der Waals surface area (Å²) in [6, 6.07) is 8.64. The fourth-order valence-corrected chi connectivity index (χ4v) is 4.05. The standard InChI is InChI=1S/C18H18ClFN4OS/c19-18-22-16(15-5-8-26-17(15)23-18)21-9-14-11-24(6-7-25-14)10-12-1-3-13(20)4-2-12/h1-5,8,14H,6-7,9-11H2,(H,21,22,23). The first kappa shape index (κ1) is 17.6. The van der Waals surface area contributed by atoms with Crippen LogP contribution in [0.3, 0.4) is 0 Å². The molecule has 1 saturated heterocycles. The van der Waals surface area contributed by atoms with Gasteiger partial charge in [-0.2, -0.15) is 0 Å². The molecule has 2 aromatic heterocycles. The minimum absolute atomic E-state index is 0.0478. The summed E-state index contributed by atoms with van der Waals surface area (Å²) < 4.78 is 18.9. The van der Waals surface area contributed by atoms with Crippen LogP contribution < -0.4 is 5.32 Å². The molecular formula is C18H18ClFN4OS. The third-order valence-corrected chi connectivity index (χ3v) is 5.31. The topological polar surface area (TPSA) is 50.3 Å². The van der Waals surface area contributed by atoms with Gasteiger partial charge in [-0.25, -0.2) is 14.4 Å². The highest BCUT2D eigenvalue weighted by Gasteiger charge is 2.21. The van der Waals surface area contributed by atoms with Gasteiger partial charge in [0, 0.05) is 26.2 Å². The van der Waals surface area contributed by atoms with Crippen LogP contribution >= 0.6 is 22.9 Å². The maximum Gasteiger partial charge on any atom is 0.225 e. The van der Waals surface area contributed by atoms with E-state index in [9.17, 15) is 4.39 Å². The third-order valence-electron chi connectivity index (χ3n) is 4.34. The van der Waals surface area contributed by atoms with Crippen LogP contribution in [0.5, 0.6) is 0 Å². The van der Waals surface area contributed by atoms with Crippen molar-refractivity contribution in [3.63, 3.8) is 0 Å². The first-order valence-corrected chi connectivity index (χ1v) is 9.66. The molecule has 1 N–H and O–H groups in total. The Kier molecular flexibility index (Phi) is 5.31. The zero-order valence-electron chi connectivity index (χ0n) is 14.0. The molecule has 8 heteroatoms. The van der Waals surface area contributed by atoms with E-state index < -0.39 is 0 Å². The quantitative estimate of drug-likeness (QED) is 0.669. The van der Waals surface area contributed by atoms with Crippen molar-refractivity contribution in [3.05, 3.63) is 52.4 Å². The van der Waals surface area contributed by atoms with Crippen molar-refractivity contribution in [3.8, 4) is 0 Å². The Morgan fingerprint density at radius 2 is 2.12 bits per heavy atom. The maximum absolute atomic E-state index is 13.0. The molecule has 3 aromatic rings. The number of thiophene rings is 1. The molecule has 0 spiro atoms. The summed E-state index contributed by atoms with van der Waals surface area (Å²) in [7, 11) is 0. The molecule has 1 unspecified atom stereocenters. The first-order chi connectivity index (χ1) is 12.7. The van der Waals surface area contributed by atoms with E-state index in [1.54, 1.807) is 0 Å². The lowest BCUT2D eigenvalue weighted by Crippen LogP contribution is -2.44. The normalized spacial score (nSPS) is 18.3. The van der Waals surface area contributed by atoms with E-state index in [0.717, 1.165) is 41.2 Å². The third kappa shape index (κ3) is 4.12. The molecule has 136 valence electrons. The van der Waals surface area contributed by atoms with Gasteiger partial charge in [-0.15, -0.1) is 11.3 Å². The number of morpholine rings is 1. The van der Waals surface area contributed by atoms with E-state index in [0.29, 0.717) is 13.2 Å². The largest absolute Gasteiger partial charge is 0.374 e. The lowest BCUT2D eigenvalue weighted by Gasteiger charge is -2.33. The van der Waals surface area contributed by atoms with Gasteiger partial charge in [-0.05, 0) is 40.7 Å². The van der Waals surface area contributed by atoms with E-state index in [-0.39, 0.29) is 17.2 Å². The molecule has 26 heavy (non-hydrogen) atoms. The number of ether oxygens (including phenoxy) is 1. The number of anilines is 1. The van der Waals surface area contributed by atoms with Crippen LogP contribution in [0, 0.1) is 5.82 Å². The van der Waals surface area contributed by atoms with Gasteiger partial charge in [0.2, 0.25) is 5.28 Å². The van der Waals surface area contributed by atoms with Crippen LogP contribution in [0.2, 0.25) is 5.28 Å². The van der Waals surface area contributed by atoms with Crippen molar-refractivity contribution in [1.82, 2.24) is 14.9 Å². The number of hydrogen-bond acceptors (Lipinski definition) is 6. The van der Waals surface area contributed by atoms with Crippen LogP contribution in [-0.2, 0) is 11.3 Å². The Hall–Kier alpha value is -1.80. The number of aromatic nitrogens is 2. The van der Waals surface area contributed by atoms with Gasteiger partial charge in [0.1, 0.15) is 16.5 Å². The number of nitrogens with one attached hydrogen (secondary N) is 1. The SMILES string of the molecule is Fc1ccc(CN2CCOC(CNc3nc(Cl)nc4sccc34)C2)cc1. The van der Waals surface area contributed by atoms with Gasteiger partial charge < -0.3 is 10.1 Å². The summed E-state index contributed by atoms with van der Waals surface area (Å²) in [5.41, 5.74) is 1.10. The van der Waals surface area contributed by atoms with Gasteiger partial charge in [0.05, 0.1) is 18.1 Å². The summed E-state index contributed by atoms with van der Waals surface area (Å²) in [5.74, 6) is 0.529. The maximum atomic E-state index is 13.0. The minimum atomic E-state index is -0.207. The molecule has 1 aromatic carbocycles. The van der Waals surface area contributed by atoms with Gasteiger partial charge in [-0.1, -0.05) is 12.1 Å². The predicted octanol–water partition coefficient (Wildman–Crippen LogP) is 3.80. The number of fused-ring (bicyclic) bond motifs is 1. The molecule has 0 aliphatic carbocycles. The number of nitrogens with zero attached hydrogens (tertiary/aromatic N) is 3. The molecule has 0 amide bonds. The number of rotatable bonds is 5. The Morgan fingerprint density at radius 1 is 1.27 bits per heavy atom. The number of hydrogen-bond donors (Lipinski definition) is 1. The summed E-state index contributed by atoms with van der Waals surface area (Å²) in [5, 5.41) is 6.53. The van der Waals surface area contributed by atoms with Crippen LogP contribution in [0.4, 0.5) is 10.2 Å². The second-order valence-electron chi connectivity index (χ2n) is 6.22. The van der Waals surface area contributed by atoms with Crippen LogP contribution in [0.1, 0.15) is 5.56 Å². The Labute approximate surface area is 159 Å². The molecular weight excluding hydrogens is 375 g/mol. The monoisotopic (exact) mass is 392 g/mol. The summed E-state index contributed by atoms with van der Waals surface area (Å²) >= 11 is 7.54. The molecule has 1 aliphatic rings. The average molecular weight is 393 g/mol. The Bertz CT molecular complexity index is 889. The molecule has 1 fully saturated rings. The van der Waals surface area contributed by atoms with Crippen molar-refractivity contribution in [2.45, 2.75) is 12.6 Å². The molecule has 1 atom stereocenters. The molecule has 5 nitrogen and oxygen atoms in total. The lowest BCUT2D eigenvalue weighted by atomic mass is 10.2. The number of halogens is 2. The molecule has 0 saturated carbocycles. The fourth-order valence-electron chi connectivity index (χ4n) is 3.07. The lowest BCUT2D eigenvalue weighted by molar-refractivity contribution is -0.0240. The highest BCUT2D eigenvalue weighted by molar-refractivity contribution is 7.16. The first-order valence-electron chi connectivity index (χ1n) is 8.40. The van der Waals surface area contributed by atoms with E-state index >= 15 is 0 Å². The fraction of sp³-hybridized carbons (Fsp3) is 0.333. The van der Waals surface area contributed by atoms with Crippen LogP contribution in [-0.4, -0.2) is 47.2 Å². The molecule has 0 bridgehead atoms. The van der Waals surface area contributed by atoms with Gasteiger partial charge >= 0.3 is 0 Å². The van der Waals surface area contributed by atoms with E-state index in [1.165, 1.54) is 23.5 Å². The highest BCUT2D eigenvalue weighted by atomic mass is 35.5. The molecule has 0 radical (unpaired) electrons. The van der Waals surface area contributed by atoms with E-state index in [1.807, 2.05) is 23.6 Å². The minimum Gasteiger partial charge on any atom is -0.374 e. The Balaban J connectivity index is 1.37. The van der Waals surface area contributed by atoms with Crippen molar-refractivity contribution in [2.24, 2.45) is 0 Å². The molecule has 4 rings (SSSR count). The van der Waals surface area contributed by atoms with Crippen LogP contribution in [0.25, 0.3) is 10.2 Å². The van der Waals surface area contributed by atoms with Gasteiger partial charge in [0.15, 0.2) is 0 Å². The Morgan fingerprint density at radius 3 is 2.96 bits per heavy atom. The zero-order chi connectivity index (χ0) is 17.9. The summed E-state index contributed by atoms with van der Waals surface area (Å²) in [6.07, 6.45) is 0.0478. The van der Waals surface area contributed by atoms with E-state index in [4.69, 9.17) is 16.3 Å². The second kappa shape index (κ2) is 7.84. The summed E-state index contributed by atoms with van der Waals surface area (Å²) in [6.45, 7) is 3.76. The van der Waals surface area contributed by atoms with E-state index in [2.05, 4.69) is 20.2 Å². The van der Waals surface area contributed by atoms with Crippen molar-refractivity contribution in [2.75, 3.05) is 31.6 Å². The average Bonchev–Trinajstić information content (AvgIpc) is 3.10. The predicted molar refractivity (Wildman–Crippen MR) is 102 cm³/mol. The highest BCUT2D eigenvalue weighted by Crippen LogP contribution is 2.26. The van der Waals surface area contributed by atoms with Gasteiger partial charge in [0.25, 0.3) is 0 Å². The smallest absolute Gasteiger partial charge is 0.225 e. The molecule has 1 aliphatic heterocycles. The van der Waals surface area contributed by atoms with Crippen molar-refractivity contribution in [1.29, 1.82) is 0 Å². The zero-order valence-corrected chi connectivity index (χ0v) is 15.6. The summed E-state index contributed by atoms with van der Waals surface area (Å²) in [4.78, 5) is 11.7. The number of benzene rings is 1. The van der Waals surface area contributed by atoms with Crippen molar-refractivity contribution >= 4 is 39.0 Å². The van der Waals surface area contributed by atoms with Gasteiger partial charge in [-0.3, -0.25) is 4.90 Å². The van der Waals surface area contributed by atoms with Crippen molar-refractivity contribution < 1.29 is 9.13 Å². The van der Waals surface area contributed by atoms with Crippen LogP contribution in [0.15, 0.2) is 35.7 Å².